The van der Waals surface area contributed by atoms with Gasteiger partial charge in [0, 0.05) is 11.1 Å². The first kappa shape index (κ1) is 16.2. The molecule has 0 aliphatic carbocycles. The van der Waals surface area contributed by atoms with Crippen LogP contribution in [0.25, 0.3) is 10.9 Å². The molecular formula is C20H16N4O. The molecule has 0 aliphatic rings. The lowest BCUT2D eigenvalue weighted by Gasteiger charge is -2.11. The Morgan fingerprint density at radius 1 is 1.20 bits per heavy atom. The van der Waals surface area contributed by atoms with Crippen molar-refractivity contribution in [3.63, 3.8) is 0 Å². The van der Waals surface area contributed by atoms with Gasteiger partial charge in [0.15, 0.2) is 0 Å². The van der Waals surface area contributed by atoms with E-state index in [4.69, 9.17) is 0 Å². The zero-order chi connectivity index (χ0) is 17.6. The Kier molecular flexibility index (Phi) is 4.72. The number of nitrogens with zero attached hydrogens (tertiary/aromatic N) is 2. The minimum Gasteiger partial charge on any atom is -0.340 e. The molecule has 25 heavy (non-hydrogen) atoms. The molecule has 0 saturated heterocycles. The maximum absolute atomic E-state index is 11.7. The van der Waals surface area contributed by atoms with Crippen molar-refractivity contribution in [2.45, 2.75) is 6.92 Å². The van der Waals surface area contributed by atoms with E-state index in [2.05, 4.69) is 39.0 Å². The van der Waals surface area contributed by atoms with Gasteiger partial charge in [0.1, 0.15) is 12.1 Å². The molecule has 0 fully saturated rings. The number of para-hydroxylation sites is 1. The number of benzene rings is 2. The number of amides is 1. The van der Waals surface area contributed by atoms with Gasteiger partial charge in [-0.3, -0.25) is 4.79 Å². The summed E-state index contributed by atoms with van der Waals surface area (Å²) in [7, 11) is 0. The van der Waals surface area contributed by atoms with E-state index in [-0.39, 0.29) is 5.91 Å². The van der Waals surface area contributed by atoms with Crippen molar-refractivity contribution in [1.29, 1.82) is 0 Å². The number of fused-ring (bicyclic) bond motifs is 1. The van der Waals surface area contributed by atoms with Crippen LogP contribution in [-0.4, -0.2) is 15.9 Å². The SMILES string of the molecule is C=CC(=O)Nc1cc2c(Nc3ccccc3)ncnc2cc1C#CC. The molecule has 5 nitrogen and oxygen atoms in total. The lowest BCUT2D eigenvalue weighted by atomic mass is 10.1. The zero-order valence-electron chi connectivity index (χ0n) is 13.7. The third-order valence-corrected chi connectivity index (χ3v) is 3.51. The van der Waals surface area contributed by atoms with Crippen LogP contribution in [-0.2, 0) is 4.79 Å². The normalized spacial score (nSPS) is 9.80. The summed E-state index contributed by atoms with van der Waals surface area (Å²) in [6, 6.07) is 13.4. The summed E-state index contributed by atoms with van der Waals surface area (Å²) in [5, 5.41) is 6.84. The van der Waals surface area contributed by atoms with E-state index in [9.17, 15) is 4.79 Å². The second kappa shape index (κ2) is 7.28. The molecule has 0 bridgehead atoms. The molecule has 2 aromatic carbocycles. The molecule has 0 saturated carbocycles. The third kappa shape index (κ3) is 3.65. The average Bonchev–Trinajstić information content (AvgIpc) is 2.63. The van der Waals surface area contributed by atoms with E-state index in [1.54, 1.807) is 6.92 Å². The number of hydrogen-bond acceptors (Lipinski definition) is 4. The Hall–Kier alpha value is -3.65. The first-order valence-corrected chi connectivity index (χ1v) is 7.68. The van der Waals surface area contributed by atoms with Crippen LogP contribution in [0.1, 0.15) is 12.5 Å². The van der Waals surface area contributed by atoms with E-state index in [0.29, 0.717) is 17.1 Å². The fraction of sp³-hybridized carbons (Fsp3) is 0.0500. The summed E-state index contributed by atoms with van der Waals surface area (Å²) >= 11 is 0. The van der Waals surface area contributed by atoms with E-state index < -0.39 is 0 Å². The van der Waals surface area contributed by atoms with Gasteiger partial charge in [-0.05, 0) is 37.3 Å². The molecule has 0 unspecified atom stereocenters. The number of hydrogen-bond donors (Lipinski definition) is 2. The van der Waals surface area contributed by atoms with Gasteiger partial charge in [0.2, 0.25) is 5.91 Å². The highest BCUT2D eigenvalue weighted by Gasteiger charge is 2.10. The standard InChI is InChI=1S/C20H16N4O/c1-3-8-14-11-18-16(12-17(14)24-19(25)4-2)20(22-13-21-18)23-15-9-6-5-7-10-15/h4-7,9-13H,2H2,1H3,(H,24,25)(H,21,22,23). The van der Waals surface area contributed by atoms with Gasteiger partial charge < -0.3 is 10.6 Å². The molecule has 0 aliphatic heterocycles. The van der Waals surface area contributed by atoms with E-state index in [1.807, 2.05) is 42.5 Å². The first-order chi connectivity index (χ1) is 12.2. The Morgan fingerprint density at radius 3 is 2.72 bits per heavy atom. The van der Waals surface area contributed by atoms with Crippen LogP contribution in [0, 0.1) is 11.8 Å². The molecule has 1 aromatic heterocycles. The van der Waals surface area contributed by atoms with Crippen molar-refractivity contribution < 1.29 is 4.79 Å². The predicted octanol–water partition coefficient (Wildman–Crippen LogP) is 3.87. The largest absolute Gasteiger partial charge is 0.340 e. The third-order valence-electron chi connectivity index (χ3n) is 3.51. The second-order valence-corrected chi connectivity index (χ2v) is 5.20. The van der Waals surface area contributed by atoms with Crippen molar-refractivity contribution in [2.24, 2.45) is 0 Å². The number of carbonyl (C=O) groups excluding carboxylic acids is 1. The fourth-order valence-electron chi connectivity index (χ4n) is 2.39. The smallest absolute Gasteiger partial charge is 0.247 e. The van der Waals surface area contributed by atoms with Crippen LogP contribution in [0.4, 0.5) is 17.2 Å². The van der Waals surface area contributed by atoms with Gasteiger partial charge in [-0.1, -0.05) is 30.7 Å². The summed E-state index contributed by atoms with van der Waals surface area (Å²) in [4.78, 5) is 20.4. The Balaban J connectivity index is 2.12. The lowest BCUT2D eigenvalue weighted by molar-refractivity contribution is -0.111. The molecule has 0 atom stereocenters. The van der Waals surface area contributed by atoms with Crippen LogP contribution in [0.3, 0.4) is 0 Å². The molecule has 3 rings (SSSR count). The number of carbonyl (C=O) groups is 1. The van der Waals surface area contributed by atoms with Crippen LogP contribution >= 0.6 is 0 Å². The summed E-state index contributed by atoms with van der Waals surface area (Å²) in [5.74, 6) is 6.19. The first-order valence-electron chi connectivity index (χ1n) is 7.68. The Labute approximate surface area is 145 Å². The number of nitrogens with one attached hydrogen (secondary N) is 2. The van der Waals surface area contributed by atoms with E-state index >= 15 is 0 Å². The molecule has 5 heteroatoms. The van der Waals surface area contributed by atoms with Crippen LogP contribution in [0.2, 0.25) is 0 Å². The van der Waals surface area contributed by atoms with E-state index in [0.717, 1.165) is 16.6 Å². The highest BCUT2D eigenvalue weighted by atomic mass is 16.1. The van der Waals surface area contributed by atoms with Crippen molar-refractivity contribution in [3.05, 3.63) is 67.0 Å². The molecule has 1 heterocycles. The Morgan fingerprint density at radius 2 is 2.00 bits per heavy atom. The topological polar surface area (TPSA) is 66.9 Å². The second-order valence-electron chi connectivity index (χ2n) is 5.20. The van der Waals surface area contributed by atoms with Gasteiger partial charge >= 0.3 is 0 Å². The summed E-state index contributed by atoms with van der Waals surface area (Å²) in [6.45, 7) is 5.22. The molecule has 122 valence electrons. The molecule has 0 spiro atoms. The number of anilines is 3. The highest BCUT2D eigenvalue weighted by Crippen LogP contribution is 2.28. The van der Waals surface area contributed by atoms with Gasteiger partial charge in [-0.25, -0.2) is 9.97 Å². The molecule has 3 aromatic rings. The highest BCUT2D eigenvalue weighted by molar-refractivity contribution is 6.03. The van der Waals surface area contributed by atoms with E-state index in [1.165, 1.54) is 12.4 Å². The molecule has 0 radical (unpaired) electrons. The van der Waals surface area contributed by atoms with Gasteiger partial charge in [-0.15, -0.1) is 5.92 Å². The summed E-state index contributed by atoms with van der Waals surface area (Å²) < 4.78 is 0. The molecule has 2 N–H and O–H groups in total. The summed E-state index contributed by atoms with van der Waals surface area (Å²) in [5.41, 5.74) is 2.94. The fourth-order valence-corrected chi connectivity index (χ4v) is 2.39. The average molecular weight is 328 g/mol. The minimum atomic E-state index is -0.298. The number of aromatic nitrogens is 2. The monoisotopic (exact) mass is 328 g/mol. The molecule has 1 amide bonds. The van der Waals surface area contributed by atoms with Crippen molar-refractivity contribution >= 4 is 34.0 Å². The zero-order valence-corrected chi connectivity index (χ0v) is 13.7. The quantitative estimate of drug-likeness (QED) is 0.563. The minimum absolute atomic E-state index is 0.298. The van der Waals surface area contributed by atoms with Crippen molar-refractivity contribution in [3.8, 4) is 11.8 Å². The molecular weight excluding hydrogens is 312 g/mol. The maximum Gasteiger partial charge on any atom is 0.247 e. The van der Waals surface area contributed by atoms with Crippen LogP contribution in [0.5, 0.6) is 0 Å². The van der Waals surface area contributed by atoms with Gasteiger partial charge in [0.05, 0.1) is 16.8 Å². The summed E-state index contributed by atoms with van der Waals surface area (Å²) in [6.07, 6.45) is 2.72. The van der Waals surface area contributed by atoms with Crippen molar-refractivity contribution in [1.82, 2.24) is 9.97 Å². The van der Waals surface area contributed by atoms with Crippen LogP contribution < -0.4 is 10.6 Å². The van der Waals surface area contributed by atoms with Gasteiger partial charge in [-0.2, -0.15) is 0 Å². The van der Waals surface area contributed by atoms with Crippen LogP contribution in [0.15, 0.2) is 61.4 Å². The number of rotatable bonds is 4. The van der Waals surface area contributed by atoms with Gasteiger partial charge in [0.25, 0.3) is 0 Å². The lowest BCUT2D eigenvalue weighted by Crippen LogP contribution is -2.09. The maximum atomic E-state index is 11.7. The van der Waals surface area contributed by atoms with Crippen molar-refractivity contribution in [2.75, 3.05) is 10.6 Å². The predicted molar refractivity (Wildman–Crippen MR) is 101 cm³/mol. The Bertz CT molecular complexity index is 1000.